The van der Waals surface area contributed by atoms with Crippen molar-refractivity contribution in [2.24, 2.45) is 7.05 Å². The average molecular weight is 561 g/mol. The molecule has 5 rings (SSSR count). The molecule has 11 heteroatoms. The molecule has 3 aromatic heterocycles. The van der Waals surface area contributed by atoms with E-state index in [2.05, 4.69) is 36.4 Å². The van der Waals surface area contributed by atoms with Gasteiger partial charge in [0.05, 0.1) is 11.4 Å². The molecule has 0 atom stereocenters. The molecule has 0 fully saturated rings. The first-order valence-electron chi connectivity index (χ1n) is 9.69. The molecule has 0 saturated heterocycles. The predicted octanol–water partition coefficient (Wildman–Crippen LogP) is 6.50. The highest BCUT2D eigenvalue weighted by molar-refractivity contribution is 9.10. The van der Waals surface area contributed by atoms with Crippen LogP contribution in [-0.4, -0.2) is 31.4 Å². The van der Waals surface area contributed by atoms with Gasteiger partial charge < -0.3 is 14.3 Å². The number of amides is 1. The lowest BCUT2D eigenvalue weighted by Crippen LogP contribution is -2.14. The third kappa shape index (κ3) is 4.84. The van der Waals surface area contributed by atoms with Crippen LogP contribution in [0.3, 0.4) is 0 Å². The van der Waals surface area contributed by atoms with Crippen LogP contribution in [-0.2, 0) is 11.8 Å². The Hall–Kier alpha value is -2.66. The lowest BCUT2D eigenvalue weighted by atomic mass is 10.2. The van der Waals surface area contributed by atoms with Crippen molar-refractivity contribution in [1.82, 2.24) is 19.7 Å². The van der Waals surface area contributed by atoms with Crippen LogP contribution in [0.5, 0.6) is 0 Å². The van der Waals surface area contributed by atoms with E-state index in [4.69, 9.17) is 16.0 Å². The Morgan fingerprint density at radius 1 is 1.21 bits per heavy atom. The molecule has 3 heterocycles. The number of anilines is 1. The predicted molar refractivity (Wildman–Crippen MR) is 136 cm³/mol. The summed E-state index contributed by atoms with van der Waals surface area (Å²) in [5, 5.41) is 16.0. The van der Waals surface area contributed by atoms with Gasteiger partial charge in [0.25, 0.3) is 0 Å². The van der Waals surface area contributed by atoms with Gasteiger partial charge in [-0.15, -0.1) is 21.5 Å². The summed E-state index contributed by atoms with van der Waals surface area (Å²) in [6.45, 7) is 0. The van der Waals surface area contributed by atoms with E-state index in [0.717, 1.165) is 26.7 Å². The number of hydrogen-bond donors (Lipinski definition) is 1. The van der Waals surface area contributed by atoms with E-state index in [1.807, 2.05) is 65.5 Å². The monoisotopic (exact) mass is 559 g/mol. The van der Waals surface area contributed by atoms with Crippen molar-refractivity contribution in [3.8, 4) is 22.8 Å². The first-order valence-corrected chi connectivity index (χ1v) is 12.7. The number of benzene rings is 2. The Kier molecular flexibility index (Phi) is 6.24. The molecular weight excluding hydrogens is 546 g/mol. The summed E-state index contributed by atoms with van der Waals surface area (Å²) < 4.78 is 8.69. The minimum absolute atomic E-state index is 0.171. The van der Waals surface area contributed by atoms with E-state index in [1.165, 1.54) is 23.1 Å². The number of aromatic nitrogens is 4. The molecule has 0 saturated carbocycles. The van der Waals surface area contributed by atoms with Crippen molar-refractivity contribution >= 4 is 72.6 Å². The quantitative estimate of drug-likeness (QED) is 0.239. The highest BCUT2D eigenvalue weighted by Gasteiger charge is 2.17. The fourth-order valence-electron chi connectivity index (χ4n) is 3.15. The molecule has 7 nitrogen and oxygen atoms in total. The molecular formula is C22H15BrClN5O2S2. The van der Waals surface area contributed by atoms with Gasteiger partial charge in [-0.3, -0.25) is 4.79 Å². The summed E-state index contributed by atoms with van der Waals surface area (Å²) in [4.78, 5) is 16.9. The fraction of sp³-hybridized carbons (Fsp3) is 0.0909. The van der Waals surface area contributed by atoms with Crippen molar-refractivity contribution in [3.63, 3.8) is 0 Å². The molecule has 0 aliphatic heterocycles. The molecule has 0 spiro atoms. The van der Waals surface area contributed by atoms with Crippen LogP contribution in [0.25, 0.3) is 33.8 Å². The molecule has 5 aromatic rings. The van der Waals surface area contributed by atoms with Crippen LogP contribution in [0.1, 0.15) is 0 Å². The van der Waals surface area contributed by atoms with E-state index in [-0.39, 0.29) is 11.7 Å². The van der Waals surface area contributed by atoms with Gasteiger partial charge in [-0.1, -0.05) is 51.4 Å². The van der Waals surface area contributed by atoms with Crippen molar-refractivity contribution in [1.29, 1.82) is 0 Å². The molecule has 0 unspecified atom stereocenters. The number of nitrogens with zero attached hydrogens (tertiary/aromatic N) is 4. The van der Waals surface area contributed by atoms with Crippen LogP contribution in [0.15, 0.2) is 68.0 Å². The van der Waals surface area contributed by atoms with Gasteiger partial charge in [-0.05, 0) is 36.4 Å². The number of halogens is 2. The third-order valence-corrected chi connectivity index (χ3v) is 7.28. The maximum absolute atomic E-state index is 12.5. The summed E-state index contributed by atoms with van der Waals surface area (Å²) in [6, 6.07) is 15.1. The van der Waals surface area contributed by atoms with Crippen LogP contribution >= 0.6 is 50.6 Å². The number of carbonyl (C=O) groups is 1. The molecule has 0 aliphatic rings. The zero-order valence-corrected chi connectivity index (χ0v) is 21.1. The fourth-order valence-corrected chi connectivity index (χ4v) is 5.10. The number of furan rings is 1. The molecule has 1 amide bonds. The summed E-state index contributed by atoms with van der Waals surface area (Å²) >= 11 is 12.1. The SMILES string of the molecule is Cn1c(SCC(=O)Nc2nc(-c3ccc(Cl)cc3)cs2)nnc1-c1cc2cc(Br)ccc2o1. The van der Waals surface area contributed by atoms with Gasteiger partial charge >= 0.3 is 0 Å². The lowest BCUT2D eigenvalue weighted by molar-refractivity contribution is -0.113. The minimum Gasteiger partial charge on any atom is -0.453 e. The zero-order chi connectivity index (χ0) is 22.9. The second kappa shape index (κ2) is 9.30. The standard InChI is InChI=1S/C22H15BrClN5O2S2/c1-29-20(18-9-13-8-14(23)4-7-17(13)31-18)27-28-22(29)33-11-19(30)26-21-25-16(10-32-21)12-2-5-15(24)6-3-12/h2-10H,11H2,1H3,(H,25,26,30). The maximum atomic E-state index is 12.5. The molecule has 33 heavy (non-hydrogen) atoms. The lowest BCUT2D eigenvalue weighted by Gasteiger charge is -2.03. The topological polar surface area (TPSA) is 85.8 Å². The normalized spacial score (nSPS) is 11.2. The number of thioether (sulfide) groups is 1. The molecule has 2 aromatic carbocycles. The Bertz CT molecular complexity index is 1460. The van der Waals surface area contributed by atoms with E-state index in [0.29, 0.717) is 26.9 Å². The Balaban J connectivity index is 1.23. The smallest absolute Gasteiger partial charge is 0.236 e. The van der Waals surface area contributed by atoms with Gasteiger partial charge in [-0.2, -0.15) is 0 Å². The Morgan fingerprint density at radius 3 is 2.85 bits per heavy atom. The van der Waals surface area contributed by atoms with E-state index in [1.54, 1.807) is 0 Å². The molecule has 0 radical (unpaired) electrons. The van der Waals surface area contributed by atoms with Gasteiger partial charge in [0, 0.05) is 32.9 Å². The number of hydrogen-bond acceptors (Lipinski definition) is 7. The first-order chi connectivity index (χ1) is 16.0. The number of nitrogens with one attached hydrogen (secondary N) is 1. The van der Waals surface area contributed by atoms with Crippen molar-refractivity contribution in [3.05, 3.63) is 63.4 Å². The van der Waals surface area contributed by atoms with Gasteiger partial charge in [-0.25, -0.2) is 4.98 Å². The largest absolute Gasteiger partial charge is 0.453 e. The first kappa shape index (κ1) is 22.1. The Morgan fingerprint density at radius 2 is 2.03 bits per heavy atom. The van der Waals surface area contributed by atoms with E-state index in [9.17, 15) is 4.79 Å². The highest BCUT2D eigenvalue weighted by atomic mass is 79.9. The summed E-state index contributed by atoms with van der Waals surface area (Å²) in [7, 11) is 1.85. The summed E-state index contributed by atoms with van der Waals surface area (Å²) in [6.07, 6.45) is 0. The zero-order valence-electron chi connectivity index (χ0n) is 17.1. The summed E-state index contributed by atoms with van der Waals surface area (Å²) in [5.74, 6) is 1.22. The maximum Gasteiger partial charge on any atom is 0.236 e. The number of rotatable bonds is 6. The van der Waals surface area contributed by atoms with Gasteiger partial charge in [0.2, 0.25) is 5.91 Å². The second-order valence-corrected chi connectivity index (χ2v) is 10.2. The summed E-state index contributed by atoms with van der Waals surface area (Å²) in [5.41, 5.74) is 2.50. The number of fused-ring (bicyclic) bond motifs is 1. The van der Waals surface area contributed by atoms with Gasteiger partial charge in [0.15, 0.2) is 21.9 Å². The van der Waals surface area contributed by atoms with Crippen LogP contribution < -0.4 is 5.32 Å². The van der Waals surface area contributed by atoms with E-state index < -0.39 is 0 Å². The highest BCUT2D eigenvalue weighted by Crippen LogP contribution is 2.30. The van der Waals surface area contributed by atoms with Crippen molar-refractivity contribution < 1.29 is 9.21 Å². The van der Waals surface area contributed by atoms with Crippen molar-refractivity contribution in [2.75, 3.05) is 11.1 Å². The van der Waals surface area contributed by atoms with Crippen LogP contribution in [0.4, 0.5) is 5.13 Å². The number of carbonyl (C=O) groups excluding carboxylic acids is 1. The molecule has 1 N–H and O–H groups in total. The van der Waals surface area contributed by atoms with Crippen LogP contribution in [0.2, 0.25) is 5.02 Å². The van der Waals surface area contributed by atoms with E-state index >= 15 is 0 Å². The minimum atomic E-state index is -0.171. The number of thiazole rings is 1. The van der Waals surface area contributed by atoms with Gasteiger partial charge in [0.1, 0.15) is 5.58 Å². The molecule has 0 aliphatic carbocycles. The van der Waals surface area contributed by atoms with Crippen LogP contribution in [0, 0.1) is 0 Å². The Labute approximate surface area is 210 Å². The second-order valence-electron chi connectivity index (χ2n) is 7.04. The third-order valence-electron chi connectivity index (χ3n) is 4.76. The molecule has 0 bridgehead atoms. The molecule has 166 valence electrons. The van der Waals surface area contributed by atoms with Crippen molar-refractivity contribution in [2.45, 2.75) is 5.16 Å². The average Bonchev–Trinajstić information content (AvgIpc) is 3.51.